The SMILES string of the molecule is NC(=O)CN1C(=O)[C@](O)(CC(=O)c2cccs2)c2ccccc21. The predicted octanol–water partition coefficient (Wildman–Crippen LogP) is 1.04. The molecule has 1 aliphatic heterocycles. The molecule has 1 aliphatic rings. The molecular weight excluding hydrogens is 316 g/mol. The molecular formula is C16H14N2O4S. The van der Waals surface area contributed by atoms with Gasteiger partial charge in [-0.05, 0) is 17.5 Å². The van der Waals surface area contributed by atoms with Crippen LogP contribution in [0.1, 0.15) is 21.7 Å². The molecule has 3 rings (SSSR count). The third-order valence-corrected chi connectivity index (χ3v) is 4.68. The number of anilines is 1. The Hall–Kier alpha value is -2.51. The van der Waals surface area contributed by atoms with Crippen LogP contribution >= 0.6 is 11.3 Å². The van der Waals surface area contributed by atoms with E-state index in [2.05, 4.69) is 0 Å². The predicted molar refractivity (Wildman–Crippen MR) is 85.2 cm³/mol. The number of nitrogens with zero attached hydrogens (tertiary/aromatic N) is 1. The number of hydrogen-bond acceptors (Lipinski definition) is 5. The summed E-state index contributed by atoms with van der Waals surface area (Å²) >= 11 is 1.25. The molecule has 6 nitrogen and oxygen atoms in total. The van der Waals surface area contributed by atoms with E-state index in [1.54, 1.807) is 41.8 Å². The van der Waals surface area contributed by atoms with Crippen LogP contribution in [0.3, 0.4) is 0 Å². The highest BCUT2D eigenvalue weighted by atomic mass is 32.1. The van der Waals surface area contributed by atoms with Gasteiger partial charge in [0, 0.05) is 5.56 Å². The van der Waals surface area contributed by atoms with E-state index in [1.807, 2.05) is 0 Å². The van der Waals surface area contributed by atoms with Crippen molar-refractivity contribution in [1.29, 1.82) is 0 Å². The van der Waals surface area contributed by atoms with Gasteiger partial charge in [-0.15, -0.1) is 11.3 Å². The maximum Gasteiger partial charge on any atom is 0.264 e. The van der Waals surface area contributed by atoms with Gasteiger partial charge in [-0.3, -0.25) is 19.3 Å². The number of nitrogens with two attached hydrogens (primary N) is 1. The third-order valence-electron chi connectivity index (χ3n) is 3.77. The van der Waals surface area contributed by atoms with Crippen LogP contribution in [0.25, 0.3) is 0 Å². The van der Waals surface area contributed by atoms with E-state index in [0.717, 1.165) is 4.90 Å². The summed E-state index contributed by atoms with van der Waals surface area (Å²) in [5.74, 6) is -1.73. The first kappa shape index (κ1) is 15.4. The minimum Gasteiger partial charge on any atom is -0.375 e. The Bertz CT molecular complexity index is 787. The van der Waals surface area contributed by atoms with Gasteiger partial charge in [0.05, 0.1) is 17.0 Å². The summed E-state index contributed by atoms with van der Waals surface area (Å²) in [6, 6.07) is 9.92. The zero-order valence-corrected chi connectivity index (χ0v) is 12.9. The number of primary amides is 1. The largest absolute Gasteiger partial charge is 0.375 e. The van der Waals surface area contributed by atoms with Crippen molar-refractivity contribution in [3.05, 3.63) is 52.2 Å². The minimum absolute atomic E-state index is 0.316. The monoisotopic (exact) mass is 330 g/mol. The van der Waals surface area contributed by atoms with Gasteiger partial charge in [0.15, 0.2) is 11.4 Å². The summed E-state index contributed by atoms with van der Waals surface area (Å²) in [4.78, 5) is 37.8. The molecule has 3 N–H and O–H groups in total. The quantitative estimate of drug-likeness (QED) is 0.800. The van der Waals surface area contributed by atoms with E-state index >= 15 is 0 Å². The van der Waals surface area contributed by atoms with Crippen molar-refractivity contribution >= 4 is 34.6 Å². The van der Waals surface area contributed by atoms with Crippen molar-refractivity contribution in [2.75, 3.05) is 11.4 Å². The molecule has 2 amide bonds. The van der Waals surface area contributed by atoms with Crippen molar-refractivity contribution in [2.24, 2.45) is 5.73 Å². The number of thiophene rings is 1. The van der Waals surface area contributed by atoms with Crippen LogP contribution in [-0.4, -0.2) is 29.2 Å². The van der Waals surface area contributed by atoms with Crippen molar-refractivity contribution in [1.82, 2.24) is 0 Å². The molecule has 0 fully saturated rings. The van der Waals surface area contributed by atoms with Crippen LogP contribution in [0, 0.1) is 0 Å². The van der Waals surface area contributed by atoms with Crippen molar-refractivity contribution < 1.29 is 19.5 Å². The number of hydrogen-bond donors (Lipinski definition) is 2. The van der Waals surface area contributed by atoms with Gasteiger partial charge in [0.2, 0.25) is 5.91 Å². The first-order valence-electron chi connectivity index (χ1n) is 6.92. The van der Waals surface area contributed by atoms with Gasteiger partial charge in [0.25, 0.3) is 5.91 Å². The zero-order chi connectivity index (χ0) is 16.6. The summed E-state index contributed by atoms with van der Waals surface area (Å²) in [6.07, 6.45) is -0.376. The number of carbonyl (C=O) groups excluding carboxylic acids is 3. The van der Waals surface area contributed by atoms with E-state index in [4.69, 9.17) is 5.73 Å². The summed E-state index contributed by atoms with van der Waals surface area (Å²) in [6.45, 7) is -0.342. The molecule has 23 heavy (non-hydrogen) atoms. The molecule has 2 aromatic rings. The van der Waals surface area contributed by atoms with Crippen LogP contribution in [-0.2, 0) is 15.2 Å². The van der Waals surface area contributed by atoms with E-state index < -0.39 is 17.4 Å². The number of benzene rings is 1. The van der Waals surface area contributed by atoms with E-state index in [1.165, 1.54) is 11.3 Å². The number of para-hydroxylation sites is 1. The Morgan fingerprint density at radius 2 is 1.96 bits per heavy atom. The molecule has 0 radical (unpaired) electrons. The summed E-state index contributed by atoms with van der Waals surface area (Å²) in [5.41, 5.74) is 3.92. The average molecular weight is 330 g/mol. The Morgan fingerprint density at radius 1 is 1.22 bits per heavy atom. The second-order valence-corrected chi connectivity index (χ2v) is 6.26. The highest BCUT2D eigenvalue weighted by Crippen LogP contribution is 2.42. The molecule has 1 aromatic carbocycles. The topological polar surface area (TPSA) is 101 Å². The van der Waals surface area contributed by atoms with Crippen LogP contribution in [0.5, 0.6) is 0 Å². The zero-order valence-electron chi connectivity index (χ0n) is 12.1. The Labute approximate surface area is 136 Å². The first-order chi connectivity index (χ1) is 10.9. The molecule has 0 spiro atoms. The van der Waals surface area contributed by atoms with Gasteiger partial charge in [-0.1, -0.05) is 24.3 Å². The molecule has 0 saturated carbocycles. The molecule has 0 bridgehead atoms. The maximum absolute atomic E-state index is 12.6. The second kappa shape index (κ2) is 5.60. The molecule has 1 atom stereocenters. The van der Waals surface area contributed by atoms with Crippen LogP contribution in [0.2, 0.25) is 0 Å². The number of carbonyl (C=O) groups is 3. The lowest BCUT2D eigenvalue weighted by molar-refractivity contribution is -0.136. The summed E-state index contributed by atoms with van der Waals surface area (Å²) in [5, 5.41) is 12.7. The third kappa shape index (κ3) is 2.54. The Balaban J connectivity index is 1.99. The van der Waals surface area contributed by atoms with Crippen LogP contribution < -0.4 is 10.6 Å². The normalized spacial score (nSPS) is 19.7. The average Bonchev–Trinajstić information content (AvgIpc) is 3.11. The van der Waals surface area contributed by atoms with Gasteiger partial charge in [0.1, 0.15) is 6.54 Å². The number of ketones is 1. The molecule has 0 aliphatic carbocycles. The van der Waals surface area contributed by atoms with Crippen molar-refractivity contribution in [3.8, 4) is 0 Å². The number of Topliss-reactive ketones (excluding diaryl/α,β-unsaturated/α-hetero) is 1. The molecule has 7 heteroatoms. The van der Waals surface area contributed by atoms with Gasteiger partial charge in [-0.2, -0.15) is 0 Å². The summed E-state index contributed by atoms with van der Waals surface area (Å²) in [7, 11) is 0. The van der Waals surface area contributed by atoms with E-state index in [9.17, 15) is 19.5 Å². The van der Waals surface area contributed by atoms with E-state index in [0.29, 0.717) is 16.1 Å². The second-order valence-electron chi connectivity index (χ2n) is 5.31. The van der Waals surface area contributed by atoms with Gasteiger partial charge in [-0.25, -0.2) is 0 Å². The molecule has 1 aromatic heterocycles. The molecule has 0 unspecified atom stereocenters. The number of rotatable bonds is 5. The lowest BCUT2D eigenvalue weighted by Gasteiger charge is -2.21. The van der Waals surface area contributed by atoms with Gasteiger partial charge < -0.3 is 10.8 Å². The summed E-state index contributed by atoms with van der Waals surface area (Å²) < 4.78 is 0. The lowest BCUT2D eigenvalue weighted by Crippen LogP contribution is -2.44. The Morgan fingerprint density at radius 3 is 2.61 bits per heavy atom. The smallest absolute Gasteiger partial charge is 0.264 e. The number of aliphatic hydroxyl groups is 1. The standard InChI is InChI=1S/C16H14N2O4S/c17-14(20)9-18-11-5-2-1-4-10(11)16(22,15(18)21)8-12(19)13-6-3-7-23-13/h1-7,22H,8-9H2,(H2,17,20)/t16-/m0/s1. The van der Waals surface area contributed by atoms with Gasteiger partial charge >= 0.3 is 0 Å². The Kier molecular flexibility index (Phi) is 3.75. The highest BCUT2D eigenvalue weighted by molar-refractivity contribution is 7.12. The number of amides is 2. The fourth-order valence-corrected chi connectivity index (χ4v) is 3.41. The van der Waals surface area contributed by atoms with Crippen molar-refractivity contribution in [3.63, 3.8) is 0 Å². The first-order valence-corrected chi connectivity index (χ1v) is 7.80. The minimum atomic E-state index is -1.98. The lowest BCUT2D eigenvalue weighted by atomic mass is 9.89. The number of fused-ring (bicyclic) bond motifs is 1. The fraction of sp³-hybridized carbons (Fsp3) is 0.188. The highest BCUT2D eigenvalue weighted by Gasteiger charge is 2.51. The van der Waals surface area contributed by atoms with Crippen molar-refractivity contribution in [2.45, 2.75) is 12.0 Å². The fourth-order valence-electron chi connectivity index (χ4n) is 2.75. The molecule has 118 valence electrons. The maximum atomic E-state index is 12.6. The molecule has 0 saturated heterocycles. The molecule has 2 heterocycles. The van der Waals surface area contributed by atoms with E-state index in [-0.39, 0.29) is 18.7 Å². The van der Waals surface area contributed by atoms with Crippen LogP contribution in [0.15, 0.2) is 41.8 Å². The van der Waals surface area contributed by atoms with Crippen LogP contribution in [0.4, 0.5) is 5.69 Å².